The highest BCUT2D eigenvalue weighted by atomic mass is 35.5. The van der Waals surface area contributed by atoms with Crippen molar-refractivity contribution in [3.8, 4) is 0 Å². The van der Waals surface area contributed by atoms with Crippen LogP contribution in [0, 0.1) is 11.8 Å². The largest absolute Gasteiger partial charge is 0.394 e. The minimum absolute atomic E-state index is 0.0802. The first-order valence-electron chi connectivity index (χ1n) is 11.6. The molecule has 9 heteroatoms. The number of rotatable bonds is 4. The van der Waals surface area contributed by atoms with Crippen LogP contribution in [0.3, 0.4) is 0 Å². The second kappa shape index (κ2) is 8.73. The first kappa shape index (κ1) is 23.5. The van der Waals surface area contributed by atoms with Gasteiger partial charge in [0.1, 0.15) is 6.04 Å². The molecule has 180 valence electrons. The predicted molar refractivity (Wildman–Crippen MR) is 133 cm³/mol. The highest BCUT2D eigenvalue weighted by Gasteiger charge is 2.71. The van der Waals surface area contributed by atoms with Gasteiger partial charge in [0.25, 0.3) is 5.91 Å². The maximum absolute atomic E-state index is 14.3. The van der Waals surface area contributed by atoms with E-state index >= 15 is 0 Å². The van der Waals surface area contributed by atoms with Gasteiger partial charge in [-0.25, -0.2) is 0 Å². The van der Waals surface area contributed by atoms with Crippen LogP contribution in [-0.2, 0) is 14.4 Å². The summed E-state index contributed by atoms with van der Waals surface area (Å²) in [5.41, 5.74) is 0.580. The highest BCUT2D eigenvalue weighted by Crippen LogP contribution is 2.61. The zero-order valence-electron chi connectivity index (χ0n) is 19.1. The van der Waals surface area contributed by atoms with E-state index in [1.807, 2.05) is 37.3 Å². The van der Waals surface area contributed by atoms with Crippen LogP contribution < -0.4 is 4.90 Å². The number of halogens is 1. The molecular weight excluding hydrogens is 474 g/mol. The SMILES string of the molecule is CC[C@@H](CO)N1C(=O)[C@@H]2[C@@H]3C(=O)N(C)CC=C[C@@H]3S[C@@]23C=CCN(c2ccccc2Cl)C(=O)C13. The molecule has 7 nitrogen and oxygen atoms in total. The second-order valence-corrected chi connectivity index (χ2v) is 11.2. The molecule has 2 fully saturated rings. The van der Waals surface area contributed by atoms with Crippen molar-refractivity contribution in [2.24, 2.45) is 11.8 Å². The number of fused-ring (bicyclic) bond motifs is 2. The minimum Gasteiger partial charge on any atom is -0.394 e. The third-order valence-corrected chi connectivity index (χ3v) is 9.58. The Bertz CT molecular complexity index is 1090. The van der Waals surface area contributed by atoms with Gasteiger partial charge in [-0.05, 0) is 18.6 Å². The maximum Gasteiger partial charge on any atom is 0.251 e. The summed E-state index contributed by atoms with van der Waals surface area (Å²) in [5.74, 6) is -1.80. The number of thioether (sulfide) groups is 1. The fourth-order valence-electron chi connectivity index (χ4n) is 5.90. The van der Waals surface area contributed by atoms with Crippen LogP contribution >= 0.6 is 23.4 Å². The number of likely N-dealkylation sites (tertiary alicyclic amines) is 1. The standard InChI is InChI=1S/C25H28ClN3O4S/c1-3-15(14-30)29-21-24(33)28(17-9-5-4-8-16(17)26)13-7-11-25(21)20(23(29)32)19-18(34-25)10-6-12-27(2)22(19)31/h4-11,15,18-21,30H,3,12-14H2,1-2H3/t15-,18-,19+,20-,21?,25-/m0/s1. The number of aliphatic hydroxyl groups is 1. The van der Waals surface area contributed by atoms with Gasteiger partial charge in [0.05, 0.1) is 39.9 Å². The summed E-state index contributed by atoms with van der Waals surface area (Å²) < 4.78 is -0.903. The van der Waals surface area contributed by atoms with E-state index in [1.165, 1.54) is 11.8 Å². The summed E-state index contributed by atoms with van der Waals surface area (Å²) in [5, 5.41) is 10.4. The molecule has 1 aromatic carbocycles. The zero-order valence-corrected chi connectivity index (χ0v) is 20.7. The summed E-state index contributed by atoms with van der Waals surface area (Å²) in [6, 6.07) is 5.79. The van der Waals surface area contributed by atoms with Gasteiger partial charge in [-0.1, -0.05) is 55.0 Å². The van der Waals surface area contributed by atoms with Gasteiger partial charge in [0.15, 0.2) is 0 Å². The van der Waals surface area contributed by atoms with E-state index in [2.05, 4.69) is 0 Å². The molecule has 4 heterocycles. The number of hydrogen-bond acceptors (Lipinski definition) is 5. The van der Waals surface area contributed by atoms with Crippen molar-refractivity contribution >= 4 is 46.8 Å². The van der Waals surface area contributed by atoms with E-state index in [4.69, 9.17) is 11.6 Å². The molecule has 0 radical (unpaired) electrons. The van der Waals surface area contributed by atoms with Gasteiger partial charge in [0, 0.05) is 25.4 Å². The van der Waals surface area contributed by atoms with Crippen molar-refractivity contribution in [3.63, 3.8) is 0 Å². The van der Waals surface area contributed by atoms with E-state index in [0.29, 0.717) is 30.2 Å². The Balaban J connectivity index is 1.67. The second-order valence-electron chi connectivity index (χ2n) is 9.28. The van der Waals surface area contributed by atoms with Crippen molar-refractivity contribution in [1.29, 1.82) is 0 Å². The lowest BCUT2D eigenvalue weighted by atomic mass is 9.78. The van der Waals surface area contributed by atoms with Gasteiger partial charge < -0.3 is 19.8 Å². The van der Waals surface area contributed by atoms with E-state index in [-0.39, 0.29) is 29.6 Å². The van der Waals surface area contributed by atoms with Gasteiger partial charge in [-0.3, -0.25) is 14.4 Å². The van der Waals surface area contributed by atoms with E-state index in [0.717, 1.165) is 0 Å². The molecule has 0 aliphatic carbocycles. The molecule has 0 aromatic heterocycles. The van der Waals surface area contributed by atoms with Crippen molar-refractivity contribution in [1.82, 2.24) is 9.80 Å². The molecule has 4 aliphatic rings. The van der Waals surface area contributed by atoms with Gasteiger partial charge in [-0.2, -0.15) is 0 Å². The number of likely N-dealkylation sites (N-methyl/N-ethyl adjacent to an activating group) is 1. The quantitative estimate of drug-likeness (QED) is 0.640. The smallest absolute Gasteiger partial charge is 0.251 e. The third-order valence-electron chi connectivity index (χ3n) is 7.52. The lowest BCUT2D eigenvalue weighted by Gasteiger charge is -2.38. The Morgan fingerprint density at radius 1 is 1.15 bits per heavy atom. The number of amides is 3. The molecule has 0 saturated carbocycles. The normalized spacial score (nSPS) is 33.5. The molecule has 5 rings (SSSR count). The van der Waals surface area contributed by atoms with Gasteiger partial charge in [0.2, 0.25) is 11.8 Å². The molecule has 34 heavy (non-hydrogen) atoms. The van der Waals surface area contributed by atoms with Crippen LogP contribution in [0.2, 0.25) is 5.02 Å². The number of carbonyl (C=O) groups is 3. The number of carbonyl (C=O) groups excluding carboxylic acids is 3. The average molecular weight is 502 g/mol. The molecule has 0 bridgehead atoms. The van der Waals surface area contributed by atoms with Crippen molar-refractivity contribution in [2.45, 2.75) is 35.4 Å². The number of para-hydroxylation sites is 1. The molecule has 1 unspecified atom stereocenters. The first-order valence-corrected chi connectivity index (χ1v) is 12.9. The van der Waals surface area contributed by atoms with Crippen molar-refractivity contribution in [3.05, 3.63) is 53.6 Å². The predicted octanol–water partition coefficient (Wildman–Crippen LogP) is 2.34. The fourth-order valence-corrected chi connectivity index (χ4v) is 8.13. The summed E-state index contributed by atoms with van der Waals surface area (Å²) in [4.78, 5) is 46.6. The lowest BCUT2D eigenvalue weighted by molar-refractivity contribution is -0.144. The lowest BCUT2D eigenvalue weighted by Crippen LogP contribution is -2.56. The van der Waals surface area contributed by atoms with Gasteiger partial charge >= 0.3 is 0 Å². The molecule has 1 spiro atoms. The minimum atomic E-state index is -0.903. The Hall–Kier alpha value is -2.29. The molecule has 2 saturated heterocycles. The van der Waals surface area contributed by atoms with Crippen LogP contribution in [0.15, 0.2) is 48.6 Å². The van der Waals surface area contributed by atoms with Crippen LogP contribution in [0.1, 0.15) is 13.3 Å². The van der Waals surface area contributed by atoms with E-state index < -0.39 is 28.7 Å². The summed E-state index contributed by atoms with van der Waals surface area (Å²) in [7, 11) is 1.75. The van der Waals surface area contributed by atoms with Crippen molar-refractivity contribution in [2.75, 3.05) is 31.6 Å². The van der Waals surface area contributed by atoms with E-state index in [9.17, 15) is 19.5 Å². The first-order chi connectivity index (χ1) is 16.4. The Morgan fingerprint density at radius 3 is 2.62 bits per heavy atom. The summed E-state index contributed by atoms with van der Waals surface area (Å²) in [6.07, 6.45) is 8.36. The molecule has 1 N–H and O–H groups in total. The van der Waals surface area contributed by atoms with Gasteiger partial charge in [-0.15, -0.1) is 11.8 Å². The number of benzene rings is 1. The molecule has 4 aliphatic heterocycles. The topological polar surface area (TPSA) is 81.2 Å². The van der Waals surface area contributed by atoms with Crippen molar-refractivity contribution < 1.29 is 19.5 Å². The third kappa shape index (κ3) is 3.26. The Morgan fingerprint density at radius 2 is 1.91 bits per heavy atom. The van der Waals surface area contributed by atoms with Crippen LogP contribution in [-0.4, -0.2) is 81.5 Å². The van der Waals surface area contributed by atoms with Crippen LogP contribution in [0.25, 0.3) is 0 Å². The average Bonchev–Trinajstić information content (AvgIpc) is 3.15. The number of hydrogen-bond donors (Lipinski definition) is 1. The fraction of sp³-hybridized carbons (Fsp3) is 0.480. The Labute approximate surface area is 208 Å². The number of nitrogens with zero attached hydrogens (tertiary/aromatic N) is 3. The number of anilines is 1. The maximum atomic E-state index is 14.3. The Kier molecular flexibility index (Phi) is 6.02. The number of aliphatic hydroxyl groups excluding tert-OH is 1. The zero-order chi connectivity index (χ0) is 24.2. The monoisotopic (exact) mass is 501 g/mol. The van der Waals surface area contributed by atoms with Crippen LogP contribution in [0.4, 0.5) is 5.69 Å². The highest BCUT2D eigenvalue weighted by molar-refractivity contribution is 8.02. The molecule has 6 atom stereocenters. The molecule has 3 amide bonds. The summed E-state index contributed by atoms with van der Waals surface area (Å²) in [6.45, 7) is 2.44. The molecule has 1 aromatic rings. The van der Waals surface area contributed by atoms with E-state index in [1.54, 1.807) is 39.9 Å². The summed E-state index contributed by atoms with van der Waals surface area (Å²) >= 11 is 7.99. The molecular formula is C25H28ClN3O4S. The van der Waals surface area contributed by atoms with Crippen LogP contribution in [0.5, 0.6) is 0 Å².